The number of amides is 1. The zero-order chi connectivity index (χ0) is 23.4. The Labute approximate surface area is 190 Å². The number of fused-ring (bicyclic) bond motifs is 3. The molecule has 170 valence electrons. The quantitative estimate of drug-likeness (QED) is 0.415. The van der Waals surface area contributed by atoms with Crippen LogP contribution in [0.15, 0.2) is 70.1 Å². The highest BCUT2D eigenvalue weighted by Gasteiger charge is 2.24. The Morgan fingerprint density at radius 3 is 2.58 bits per heavy atom. The molecule has 0 spiro atoms. The number of benzene rings is 2. The van der Waals surface area contributed by atoms with Gasteiger partial charge in [-0.3, -0.25) is 14.2 Å². The second-order valence-electron chi connectivity index (χ2n) is 8.30. The molecule has 8 nitrogen and oxygen atoms in total. The summed E-state index contributed by atoms with van der Waals surface area (Å²) < 4.78 is 12.2. The molecule has 1 N–H and O–H groups in total. The zero-order valence-electron chi connectivity index (χ0n) is 18.5. The highest BCUT2D eigenvalue weighted by atomic mass is 16.5. The van der Waals surface area contributed by atoms with Crippen LogP contribution in [-0.4, -0.2) is 27.5 Å². The summed E-state index contributed by atoms with van der Waals surface area (Å²) in [5, 5.41) is 3.44. The van der Waals surface area contributed by atoms with Crippen molar-refractivity contribution >= 4 is 33.9 Å². The minimum Gasteiger partial charge on any atom is -0.459 e. The normalized spacial score (nSPS) is 12.2. The van der Waals surface area contributed by atoms with Gasteiger partial charge in [0.25, 0.3) is 5.56 Å². The molecular formula is C25H25N3O5. The number of hydrogen-bond donors (Lipinski definition) is 1. The maximum atomic E-state index is 12.8. The summed E-state index contributed by atoms with van der Waals surface area (Å²) in [4.78, 5) is 42.5. The van der Waals surface area contributed by atoms with Gasteiger partial charge in [-0.2, -0.15) is 0 Å². The van der Waals surface area contributed by atoms with Crippen molar-refractivity contribution in [1.82, 2.24) is 14.9 Å². The Morgan fingerprint density at radius 2 is 1.82 bits per heavy atom. The number of carbonyl (C=O) groups is 2. The van der Waals surface area contributed by atoms with E-state index < -0.39 is 23.5 Å². The predicted molar refractivity (Wildman–Crippen MR) is 123 cm³/mol. The molecule has 4 aromatic rings. The second-order valence-corrected chi connectivity index (χ2v) is 8.30. The number of nitrogens with one attached hydrogen (secondary N) is 1. The van der Waals surface area contributed by atoms with E-state index in [4.69, 9.17) is 9.15 Å². The Kier molecular flexibility index (Phi) is 6.53. The average molecular weight is 447 g/mol. The topological polar surface area (TPSA) is 103 Å². The maximum Gasteiger partial charge on any atom is 0.328 e. The third-order valence-corrected chi connectivity index (χ3v) is 5.22. The monoisotopic (exact) mass is 447 g/mol. The highest BCUT2D eigenvalue weighted by molar-refractivity contribution is 6.01. The van der Waals surface area contributed by atoms with Gasteiger partial charge in [0, 0.05) is 5.39 Å². The number of aromatic nitrogens is 2. The molecular weight excluding hydrogens is 422 g/mol. The Balaban J connectivity index is 1.47. The van der Waals surface area contributed by atoms with Crippen LogP contribution in [-0.2, 0) is 27.5 Å². The smallest absolute Gasteiger partial charge is 0.328 e. The fourth-order valence-corrected chi connectivity index (χ4v) is 3.64. The van der Waals surface area contributed by atoms with Crippen molar-refractivity contribution in [1.29, 1.82) is 0 Å². The number of hydrogen-bond acceptors (Lipinski definition) is 6. The van der Waals surface area contributed by atoms with Gasteiger partial charge in [0.15, 0.2) is 0 Å². The van der Waals surface area contributed by atoms with Gasteiger partial charge in [0.1, 0.15) is 30.3 Å². The van der Waals surface area contributed by atoms with E-state index in [0.717, 1.165) is 10.9 Å². The fraction of sp³-hybridized carbons (Fsp3) is 0.280. The summed E-state index contributed by atoms with van der Waals surface area (Å²) in [6.07, 6.45) is 1.73. The second kappa shape index (κ2) is 9.68. The predicted octanol–water partition coefficient (Wildman–Crippen LogP) is 3.42. The molecule has 1 atom stereocenters. The maximum absolute atomic E-state index is 12.8. The van der Waals surface area contributed by atoms with E-state index in [1.54, 1.807) is 6.07 Å². The lowest BCUT2D eigenvalue weighted by atomic mass is 10.0. The summed E-state index contributed by atoms with van der Waals surface area (Å²) in [5.41, 5.74) is 1.50. The number of ether oxygens (including phenoxy) is 1. The Hall–Kier alpha value is -3.94. The molecule has 8 heteroatoms. The first kappa shape index (κ1) is 22.3. The van der Waals surface area contributed by atoms with Crippen molar-refractivity contribution in [2.24, 2.45) is 5.92 Å². The Morgan fingerprint density at radius 1 is 1.09 bits per heavy atom. The molecule has 0 aliphatic heterocycles. The first-order valence-corrected chi connectivity index (χ1v) is 10.8. The Bertz CT molecular complexity index is 1340. The standard InChI is InChI=1S/C25H25N3O5/c1-16(2)12-19(25(31)32-14-17-8-4-3-5-9-17)27-21(29)13-28-15-26-22-18-10-6-7-11-20(18)33-23(22)24(28)30/h3-11,15-16,19H,12-14H2,1-2H3,(H,27,29)/t19-/m0/s1. The fourth-order valence-electron chi connectivity index (χ4n) is 3.64. The zero-order valence-corrected chi connectivity index (χ0v) is 18.5. The highest BCUT2D eigenvalue weighted by Crippen LogP contribution is 2.24. The van der Waals surface area contributed by atoms with Gasteiger partial charge in [-0.05, 0) is 30.0 Å². The van der Waals surface area contributed by atoms with Gasteiger partial charge >= 0.3 is 5.97 Å². The molecule has 0 fully saturated rings. The van der Waals surface area contributed by atoms with Gasteiger partial charge in [0.05, 0.1) is 6.33 Å². The van der Waals surface area contributed by atoms with E-state index in [0.29, 0.717) is 17.5 Å². The molecule has 33 heavy (non-hydrogen) atoms. The molecule has 0 radical (unpaired) electrons. The summed E-state index contributed by atoms with van der Waals surface area (Å²) in [5.74, 6) is -0.855. The molecule has 0 unspecified atom stereocenters. The van der Waals surface area contributed by atoms with Crippen LogP contribution >= 0.6 is 0 Å². The molecule has 0 aliphatic carbocycles. The van der Waals surface area contributed by atoms with Crippen molar-refractivity contribution in [3.05, 3.63) is 76.8 Å². The van der Waals surface area contributed by atoms with Crippen molar-refractivity contribution in [2.45, 2.75) is 39.5 Å². The van der Waals surface area contributed by atoms with Crippen LogP contribution in [0.3, 0.4) is 0 Å². The number of esters is 1. The van der Waals surface area contributed by atoms with E-state index in [-0.39, 0.29) is 24.7 Å². The number of carbonyl (C=O) groups excluding carboxylic acids is 2. The van der Waals surface area contributed by atoms with E-state index in [2.05, 4.69) is 10.3 Å². The van der Waals surface area contributed by atoms with Crippen molar-refractivity contribution in [2.75, 3.05) is 0 Å². The summed E-state index contributed by atoms with van der Waals surface area (Å²) in [6, 6.07) is 15.7. The summed E-state index contributed by atoms with van der Waals surface area (Å²) in [6.45, 7) is 3.73. The SMILES string of the molecule is CC(C)C[C@H](NC(=O)Cn1cnc2c(oc3ccccc32)c1=O)C(=O)OCc1ccccc1. The van der Waals surface area contributed by atoms with Crippen LogP contribution in [0.2, 0.25) is 0 Å². The molecule has 1 amide bonds. The minimum atomic E-state index is -0.820. The van der Waals surface area contributed by atoms with Gasteiger partial charge < -0.3 is 14.5 Å². The van der Waals surface area contributed by atoms with Gasteiger partial charge in [-0.15, -0.1) is 0 Å². The molecule has 0 aliphatic rings. The van der Waals surface area contributed by atoms with Crippen LogP contribution in [0.1, 0.15) is 25.8 Å². The third kappa shape index (κ3) is 5.11. The van der Waals surface area contributed by atoms with Crippen LogP contribution in [0.4, 0.5) is 0 Å². The molecule has 2 aromatic carbocycles. The van der Waals surface area contributed by atoms with Crippen molar-refractivity contribution in [3.8, 4) is 0 Å². The number of rotatable bonds is 8. The van der Waals surface area contributed by atoms with E-state index in [1.165, 1.54) is 10.9 Å². The lowest BCUT2D eigenvalue weighted by Crippen LogP contribution is -2.44. The minimum absolute atomic E-state index is 0.0903. The largest absolute Gasteiger partial charge is 0.459 e. The molecule has 2 aromatic heterocycles. The lowest BCUT2D eigenvalue weighted by molar-refractivity contribution is -0.149. The number of nitrogens with zero attached hydrogens (tertiary/aromatic N) is 2. The first-order valence-electron chi connectivity index (χ1n) is 10.8. The summed E-state index contributed by atoms with van der Waals surface area (Å²) >= 11 is 0. The average Bonchev–Trinajstić information content (AvgIpc) is 3.19. The van der Waals surface area contributed by atoms with Gasteiger partial charge in [-0.1, -0.05) is 56.3 Å². The van der Waals surface area contributed by atoms with E-state index >= 15 is 0 Å². The number of furan rings is 1. The van der Waals surface area contributed by atoms with Crippen molar-refractivity contribution < 1.29 is 18.7 Å². The lowest BCUT2D eigenvalue weighted by Gasteiger charge is -2.19. The molecule has 4 rings (SSSR count). The van der Waals surface area contributed by atoms with Crippen molar-refractivity contribution in [3.63, 3.8) is 0 Å². The third-order valence-electron chi connectivity index (χ3n) is 5.22. The van der Waals surface area contributed by atoms with Crippen LogP contribution in [0.25, 0.3) is 22.1 Å². The molecule has 0 bridgehead atoms. The molecule has 0 saturated heterocycles. The van der Waals surface area contributed by atoms with Crippen LogP contribution in [0, 0.1) is 5.92 Å². The number of para-hydroxylation sites is 1. The van der Waals surface area contributed by atoms with E-state index in [1.807, 2.05) is 62.4 Å². The van der Waals surface area contributed by atoms with Crippen LogP contribution < -0.4 is 10.9 Å². The van der Waals surface area contributed by atoms with Gasteiger partial charge in [-0.25, -0.2) is 9.78 Å². The van der Waals surface area contributed by atoms with E-state index in [9.17, 15) is 14.4 Å². The van der Waals surface area contributed by atoms with Gasteiger partial charge in [0.2, 0.25) is 11.5 Å². The first-order chi connectivity index (χ1) is 15.9. The summed E-state index contributed by atoms with van der Waals surface area (Å²) in [7, 11) is 0. The van der Waals surface area contributed by atoms with Crippen LogP contribution in [0.5, 0.6) is 0 Å². The molecule has 0 saturated carbocycles. The molecule has 2 heterocycles.